The molecule has 4 atom stereocenters. The molecular formula is C31H36Cl2FN3O3. The summed E-state index contributed by atoms with van der Waals surface area (Å²) in [5, 5.41) is 6.99. The fourth-order valence-corrected chi connectivity index (χ4v) is 7.42. The lowest BCUT2D eigenvalue weighted by Crippen LogP contribution is -2.49. The fraction of sp³-hybridized carbons (Fsp3) is 0.516. The normalized spacial score (nSPS) is 26.7. The number of nitrogens with zero attached hydrogens (tertiary/aromatic N) is 1. The van der Waals surface area contributed by atoms with Crippen molar-refractivity contribution in [3.63, 3.8) is 0 Å². The standard InChI is InChI=1S/C31H36Cl2FN3O3/c1-17(38)37-12-10-18(11-13-37)14-24(39)28-26(20-6-5-7-22(33)27(20)34)31(25(36-28)16-30(2,3)4)21-9-8-19(32)15-23(21)35-29(31)40/h5-9,15,18,25-26,28,36H,10-14,16H2,1-4H3,(H,35,40)/t25-,26+,28+,31+/m1/s1. The highest BCUT2D eigenvalue weighted by atomic mass is 35.5. The van der Waals surface area contributed by atoms with Crippen LogP contribution in [0, 0.1) is 17.2 Å². The molecule has 0 aliphatic carbocycles. The number of amides is 2. The molecule has 0 radical (unpaired) electrons. The lowest BCUT2D eigenvalue weighted by Gasteiger charge is -2.38. The molecule has 2 aromatic carbocycles. The molecule has 2 aromatic rings. The minimum absolute atomic E-state index is 0.0386. The summed E-state index contributed by atoms with van der Waals surface area (Å²) in [6.45, 7) is 9.06. The van der Waals surface area contributed by atoms with Gasteiger partial charge in [0.15, 0.2) is 5.78 Å². The van der Waals surface area contributed by atoms with Crippen LogP contribution in [-0.4, -0.2) is 47.7 Å². The van der Waals surface area contributed by atoms with Gasteiger partial charge in [-0.05, 0) is 59.9 Å². The maximum absolute atomic E-state index is 15.9. The Balaban J connectivity index is 1.62. The summed E-state index contributed by atoms with van der Waals surface area (Å²) in [4.78, 5) is 42.0. The molecule has 0 saturated carbocycles. The minimum atomic E-state index is -1.25. The van der Waals surface area contributed by atoms with Crippen LogP contribution in [0.5, 0.6) is 0 Å². The second-order valence-electron chi connectivity index (χ2n) is 12.7. The number of fused-ring (bicyclic) bond motifs is 2. The van der Waals surface area contributed by atoms with Crippen LogP contribution in [0.15, 0.2) is 36.4 Å². The topological polar surface area (TPSA) is 78.5 Å². The number of hydrogen-bond acceptors (Lipinski definition) is 4. The largest absolute Gasteiger partial charge is 0.343 e. The molecule has 2 amide bonds. The van der Waals surface area contributed by atoms with E-state index in [1.54, 1.807) is 36.1 Å². The van der Waals surface area contributed by atoms with Gasteiger partial charge in [-0.1, -0.05) is 62.2 Å². The predicted octanol–water partition coefficient (Wildman–Crippen LogP) is 6.10. The third-order valence-corrected chi connectivity index (χ3v) is 9.36. The van der Waals surface area contributed by atoms with Gasteiger partial charge in [-0.15, -0.1) is 0 Å². The van der Waals surface area contributed by atoms with E-state index >= 15 is 4.39 Å². The van der Waals surface area contributed by atoms with Crippen LogP contribution in [0.4, 0.5) is 10.1 Å². The van der Waals surface area contributed by atoms with Crippen LogP contribution in [0.25, 0.3) is 0 Å². The highest BCUT2D eigenvalue weighted by molar-refractivity contribution is 6.31. The van der Waals surface area contributed by atoms with E-state index in [2.05, 4.69) is 31.4 Å². The molecule has 6 nitrogen and oxygen atoms in total. The first-order valence-corrected chi connectivity index (χ1v) is 14.7. The van der Waals surface area contributed by atoms with E-state index in [0.717, 1.165) is 12.8 Å². The Bertz CT molecular complexity index is 1350. The van der Waals surface area contributed by atoms with Crippen molar-refractivity contribution in [1.29, 1.82) is 0 Å². The molecule has 3 aliphatic rings. The average molecular weight is 589 g/mol. The highest BCUT2D eigenvalue weighted by Gasteiger charge is 2.66. The Morgan fingerprint density at radius 2 is 1.82 bits per heavy atom. The van der Waals surface area contributed by atoms with Crippen LogP contribution in [0.3, 0.4) is 0 Å². The Morgan fingerprint density at radius 3 is 2.48 bits per heavy atom. The molecular weight excluding hydrogens is 552 g/mol. The zero-order valence-corrected chi connectivity index (χ0v) is 24.8. The van der Waals surface area contributed by atoms with Crippen molar-refractivity contribution in [1.82, 2.24) is 10.2 Å². The molecule has 0 aromatic heterocycles. The van der Waals surface area contributed by atoms with Crippen LogP contribution >= 0.6 is 23.2 Å². The van der Waals surface area contributed by atoms with Gasteiger partial charge in [-0.25, -0.2) is 4.39 Å². The summed E-state index contributed by atoms with van der Waals surface area (Å²) in [5.41, 5.74) is 0.0824. The zero-order valence-electron chi connectivity index (χ0n) is 23.3. The molecule has 5 rings (SSSR count). The van der Waals surface area contributed by atoms with E-state index in [9.17, 15) is 14.4 Å². The second-order valence-corrected chi connectivity index (χ2v) is 13.6. The third kappa shape index (κ3) is 5.05. The number of halogens is 3. The van der Waals surface area contributed by atoms with Gasteiger partial charge in [0.05, 0.1) is 11.1 Å². The summed E-state index contributed by atoms with van der Waals surface area (Å²) in [6, 6.07) is 8.80. The number of benzene rings is 2. The van der Waals surface area contributed by atoms with Crippen molar-refractivity contribution in [2.24, 2.45) is 11.3 Å². The molecule has 1 spiro atoms. The maximum Gasteiger partial charge on any atom is 0.237 e. The molecule has 2 N–H and O–H groups in total. The molecule has 0 unspecified atom stereocenters. The number of ketones is 1. The van der Waals surface area contributed by atoms with Crippen molar-refractivity contribution in [2.45, 2.75) is 76.8 Å². The van der Waals surface area contributed by atoms with Gasteiger partial charge in [0.2, 0.25) is 11.8 Å². The number of nitrogens with one attached hydrogen (secondary N) is 2. The zero-order chi connectivity index (χ0) is 29.0. The number of likely N-dealkylation sites (tertiary alicyclic amines) is 1. The summed E-state index contributed by atoms with van der Waals surface area (Å²) in [7, 11) is 0. The molecule has 40 heavy (non-hydrogen) atoms. The van der Waals surface area contributed by atoms with Crippen LogP contribution in [0.2, 0.25) is 10.0 Å². The highest BCUT2D eigenvalue weighted by Crippen LogP contribution is 2.57. The SMILES string of the molecule is CC(=O)N1CCC(CC(=O)[C@@H]2N[C@H](CC(C)(C)C)[C@]3(C(=O)Nc4cc(Cl)ccc43)[C@H]2c2cccc(Cl)c2F)CC1. The number of hydrogen-bond donors (Lipinski definition) is 2. The van der Waals surface area contributed by atoms with E-state index in [1.807, 2.05) is 6.07 Å². The van der Waals surface area contributed by atoms with E-state index in [0.29, 0.717) is 35.8 Å². The van der Waals surface area contributed by atoms with Gasteiger partial charge < -0.3 is 15.5 Å². The second kappa shape index (κ2) is 10.7. The van der Waals surface area contributed by atoms with Crippen molar-refractivity contribution >= 4 is 46.5 Å². The first-order valence-electron chi connectivity index (χ1n) is 13.9. The maximum atomic E-state index is 15.9. The van der Waals surface area contributed by atoms with Gasteiger partial charge in [0.25, 0.3) is 0 Å². The quantitative estimate of drug-likeness (QED) is 0.443. The molecule has 214 valence electrons. The van der Waals surface area contributed by atoms with Gasteiger partial charge in [0, 0.05) is 49.1 Å². The van der Waals surface area contributed by atoms with E-state index < -0.39 is 29.2 Å². The number of carbonyl (C=O) groups excluding carboxylic acids is 3. The van der Waals surface area contributed by atoms with Gasteiger partial charge in [0.1, 0.15) is 11.2 Å². The Kier molecular flexibility index (Phi) is 7.79. The fourth-order valence-electron chi connectivity index (χ4n) is 7.07. The Morgan fingerprint density at radius 1 is 1.12 bits per heavy atom. The molecule has 2 saturated heterocycles. The first kappa shape index (κ1) is 29.0. The van der Waals surface area contributed by atoms with Crippen LogP contribution in [-0.2, 0) is 19.8 Å². The smallest absolute Gasteiger partial charge is 0.237 e. The average Bonchev–Trinajstić information content (AvgIpc) is 3.35. The number of rotatable bonds is 5. The molecule has 0 bridgehead atoms. The Hall–Kier alpha value is -2.48. The third-order valence-electron chi connectivity index (χ3n) is 8.84. The van der Waals surface area contributed by atoms with E-state index in [1.165, 1.54) is 6.07 Å². The number of Topliss-reactive ketones (excluding diaryl/α,β-unsaturated/α-hetero) is 1. The number of carbonyl (C=O) groups is 3. The van der Waals surface area contributed by atoms with Crippen LogP contribution < -0.4 is 10.6 Å². The summed E-state index contributed by atoms with van der Waals surface area (Å²) in [5.74, 6) is -1.63. The summed E-state index contributed by atoms with van der Waals surface area (Å²) < 4.78 is 15.9. The molecule has 3 aliphatic heterocycles. The van der Waals surface area contributed by atoms with E-state index in [4.69, 9.17) is 23.2 Å². The van der Waals surface area contributed by atoms with Gasteiger partial charge in [-0.2, -0.15) is 0 Å². The van der Waals surface area contributed by atoms with Crippen LogP contribution in [0.1, 0.15) is 70.4 Å². The lowest BCUT2D eigenvalue weighted by atomic mass is 9.62. The van der Waals surface area contributed by atoms with Gasteiger partial charge >= 0.3 is 0 Å². The van der Waals surface area contributed by atoms with Gasteiger partial charge in [-0.3, -0.25) is 14.4 Å². The van der Waals surface area contributed by atoms with Crippen molar-refractivity contribution < 1.29 is 18.8 Å². The summed E-state index contributed by atoms with van der Waals surface area (Å²) in [6.07, 6.45) is 2.32. The van der Waals surface area contributed by atoms with Crippen molar-refractivity contribution in [3.05, 3.63) is 63.4 Å². The van der Waals surface area contributed by atoms with Crippen molar-refractivity contribution in [2.75, 3.05) is 18.4 Å². The first-order chi connectivity index (χ1) is 18.8. The molecule has 9 heteroatoms. The summed E-state index contributed by atoms with van der Waals surface area (Å²) >= 11 is 12.6. The predicted molar refractivity (Wildman–Crippen MR) is 155 cm³/mol. The monoisotopic (exact) mass is 587 g/mol. The van der Waals surface area contributed by atoms with E-state index in [-0.39, 0.29) is 45.9 Å². The molecule has 2 fully saturated rings. The number of anilines is 1. The minimum Gasteiger partial charge on any atom is -0.343 e. The molecule has 3 heterocycles. The van der Waals surface area contributed by atoms with Crippen molar-refractivity contribution in [3.8, 4) is 0 Å². The Labute approximate surface area is 245 Å². The number of piperidine rings is 1. The lowest BCUT2D eigenvalue weighted by molar-refractivity contribution is -0.130.